The highest BCUT2D eigenvalue weighted by Gasteiger charge is 2.40. The van der Waals surface area contributed by atoms with E-state index >= 15 is 0 Å². The average molecular weight is 362 g/mol. The molecule has 4 nitrogen and oxygen atoms in total. The van der Waals surface area contributed by atoms with Crippen molar-refractivity contribution in [1.29, 1.82) is 0 Å². The van der Waals surface area contributed by atoms with Gasteiger partial charge in [-0.2, -0.15) is 0 Å². The largest absolute Gasteiger partial charge is 0.350 e. The number of nitrogens with one attached hydrogen (secondary N) is 1. The lowest BCUT2D eigenvalue weighted by Crippen LogP contribution is -2.38. The zero-order valence-corrected chi connectivity index (χ0v) is 16.5. The molecule has 2 amide bonds. The summed E-state index contributed by atoms with van der Waals surface area (Å²) in [4.78, 5) is 27.3. The predicted octanol–water partition coefficient (Wildman–Crippen LogP) is 4.72. The van der Waals surface area contributed by atoms with Crippen LogP contribution in [0.25, 0.3) is 5.57 Å². The smallest absolute Gasteiger partial charge is 0.278 e. The van der Waals surface area contributed by atoms with Gasteiger partial charge in [0.1, 0.15) is 5.70 Å². The lowest BCUT2D eigenvalue weighted by atomic mass is 10.0. The summed E-state index contributed by atoms with van der Waals surface area (Å²) in [5, 5.41) is 3.20. The highest BCUT2D eigenvalue weighted by Crippen LogP contribution is 2.32. The van der Waals surface area contributed by atoms with E-state index in [-0.39, 0.29) is 17.9 Å². The fraction of sp³-hybridized carbons (Fsp3) is 0.304. The Morgan fingerprint density at radius 1 is 0.815 bits per heavy atom. The van der Waals surface area contributed by atoms with E-state index in [1.807, 2.05) is 69.3 Å². The molecule has 0 fully saturated rings. The molecule has 0 radical (unpaired) electrons. The zero-order chi connectivity index (χ0) is 19.7. The normalized spacial score (nSPS) is 14.7. The molecule has 1 aliphatic heterocycles. The van der Waals surface area contributed by atoms with Gasteiger partial charge in [-0.15, -0.1) is 0 Å². The first-order chi connectivity index (χ1) is 12.8. The quantitative estimate of drug-likeness (QED) is 0.783. The van der Waals surface area contributed by atoms with Crippen LogP contribution >= 0.6 is 0 Å². The third kappa shape index (κ3) is 3.65. The Bertz CT molecular complexity index is 891. The number of nitrogens with zero attached hydrogens (tertiary/aromatic N) is 1. The summed E-state index contributed by atoms with van der Waals surface area (Å²) in [6, 6.07) is 15.5. The Labute approximate surface area is 160 Å². The van der Waals surface area contributed by atoms with Gasteiger partial charge in [0.25, 0.3) is 11.8 Å². The Hall–Kier alpha value is -2.88. The molecule has 1 aliphatic rings. The number of amides is 2. The molecule has 140 valence electrons. The lowest BCUT2D eigenvalue weighted by molar-refractivity contribution is -0.138. The van der Waals surface area contributed by atoms with E-state index < -0.39 is 0 Å². The molecular weight excluding hydrogens is 336 g/mol. The molecule has 2 aromatic rings. The fourth-order valence-electron chi connectivity index (χ4n) is 3.22. The van der Waals surface area contributed by atoms with Crippen LogP contribution in [0.15, 0.2) is 54.2 Å². The van der Waals surface area contributed by atoms with E-state index in [2.05, 4.69) is 19.2 Å². The molecule has 4 heteroatoms. The third-order valence-corrected chi connectivity index (χ3v) is 4.82. The van der Waals surface area contributed by atoms with E-state index in [9.17, 15) is 9.59 Å². The first-order valence-corrected chi connectivity index (χ1v) is 9.35. The van der Waals surface area contributed by atoms with Crippen LogP contribution in [0.2, 0.25) is 0 Å². The van der Waals surface area contributed by atoms with Crippen molar-refractivity contribution in [3.8, 4) is 0 Å². The zero-order valence-electron chi connectivity index (χ0n) is 16.5. The Morgan fingerprint density at radius 3 is 1.93 bits per heavy atom. The van der Waals surface area contributed by atoms with Gasteiger partial charge in [0, 0.05) is 11.7 Å². The molecule has 0 saturated carbocycles. The number of benzene rings is 2. The molecule has 1 heterocycles. The van der Waals surface area contributed by atoms with Crippen LogP contribution in [-0.4, -0.2) is 22.8 Å². The van der Waals surface area contributed by atoms with E-state index in [1.165, 1.54) is 10.5 Å². The molecule has 0 bridgehead atoms. The summed E-state index contributed by atoms with van der Waals surface area (Å²) >= 11 is 0. The predicted molar refractivity (Wildman–Crippen MR) is 109 cm³/mol. The van der Waals surface area contributed by atoms with Crippen LogP contribution in [0, 0.1) is 6.92 Å². The van der Waals surface area contributed by atoms with Gasteiger partial charge in [-0.1, -0.05) is 55.8 Å². The van der Waals surface area contributed by atoms with Gasteiger partial charge in [-0.05, 0) is 49.9 Å². The topological polar surface area (TPSA) is 49.4 Å². The summed E-state index contributed by atoms with van der Waals surface area (Å²) in [5.74, 6) is -0.0915. The van der Waals surface area contributed by atoms with Crippen molar-refractivity contribution in [2.45, 2.75) is 46.6 Å². The van der Waals surface area contributed by atoms with Gasteiger partial charge in [0.05, 0.1) is 5.57 Å². The van der Waals surface area contributed by atoms with Crippen molar-refractivity contribution in [2.75, 3.05) is 5.32 Å². The highest BCUT2D eigenvalue weighted by molar-refractivity contribution is 6.36. The molecule has 3 rings (SSSR count). The summed E-state index contributed by atoms with van der Waals surface area (Å²) < 4.78 is 0. The molecule has 0 unspecified atom stereocenters. The first-order valence-electron chi connectivity index (χ1n) is 9.35. The number of anilines is 1. The number of carbonyl (C=O) groups is 2. The Kier molecular flexibility index (Phi) is 5.17. The van der Waals surface area contributed by atoms with Crippen molar-refractivity contribution in [2.24, 2.45) is 0 Å². The maximum atomic E-state index is 13.0. The maximum absolute atomic E-state index is 13.0. The van der Waals surface area contributed by atoms with Crippen molar-refractivity contribution in [1.82, 2.24) is 4.90 Å². The van der Waals surface area contributed by atoms with Crippen LogP contribution in [0.4, 0.5) is 5.69 Å². The summed E-state index contributed by atoms with van der Waals surface area (Å²) in [6.07, 6.45) is 0. The number of carbonyl (C=O) groups excluding carboxylic acids is 2. The van der Waals surface area contributed by atoms with E-state index in [0.717, 1.165) is 16.8 Å². The summed E-state index contributed by atoms with van der Waals surface area (Å²) in [5.41, 5.74) is 4.66. The fourth-order valence-corrected chi connectivity index (χ4v) is 3.22. The van der Waals surface area contributed by atoms with Gasteiger partial charge in [-0.3, -0.25) is 14.5 Å². The molecule has 1 N–H and O–H groups in total. The average Bonchev–Trinajstić information content (AvgIpc) is 2.86. The van der Waals surface area contributed by atoms with E-state index in [1.54, 1.807) is 0 Å². The number of aryl methyl sites for hydroxylation is 1. The Morgan fingerprint density at radius 2 is 1.41 bits per heavy atom. The second kappa shape index (κ2) is 7.39. The molecule has 0 saturated heterocycles. The number of hydrogen-bond acceptors (Lipinski definition) is 3. The monoisotopic (exact) mass is 362 g/mol. The molecule has 0 aliphatic carbocycles. The molecule has 0 atom stereocenters. The van der Waals surface area contributed by atoms with Crippen LogP contribution in [0.3, 0.4) is 0 Å². The lowest BCUT2D eigenvalue weighted by Gasteiger charge is -2.19. The van der Waals surface area contributed by atoms with Crippen molar-refractivity contribution in [3.63, 3.8) is 0 Å². The summed E-state index contributed by atoms with van der Waals surface area (Å²) in [6.45, 7) is 9.97. The van der Waals surface area contributed by atoms with Crippen LogP contribution in [0.5, 0.6) is 0 Å². The van der Waals surface area contributed by atoms with Crippen molar-refractivity contribution < 1.29 is 9.59 Å². The summed E-state index contributed by atoms with van der Waals surface area (Å²) in [7, 11) is 0. The molecule has 2 aromatic carbocycles. The van der Waals surface area contributed by atoms with E-state index in [4.69, 9.17) is 0 Å². The first kappa shape index (κ1) is 18.9. The second-order valence-corrected chi connectivity index (χ2v) is 7.59. The van der Waals surface area contributed by atoms with Crippen molar-refractivity contribution >= 4 is 23.1 Å². The number of imide groups is 1. The standard InChI is InChI=1S/C23H26N2O2/c1-14(2)17-10-12-19(13-11-17)24-21-20(18-8-6-16(5)7-9-18)22(26)25(15(3)4)23(21)27/h6-15,24H,1-5H3. The second-order valence-electron chi connectivity index (χ2n) is 7.59. The van der Waals surface area contributed by atoms with Gasteiger partial charge in [-0.25, -0.2) is 0 Å². The van der Waals surface area contributed by atoms with Crippen LogP contribution in [-0.2, 0) is 9.59 Å². The van der Waals surface area contributed by atoms with E-state index in [0.29, 0.717) is 17.2 Å². The van der Waals surface area contributed by atoms with Crippen LogP contribution in [0.1, 0.15) is 50.3 Å². The maximum Gasteiger partial charge on any atom is 0.278 e. The molecule has 0 aromatic heterocycles. The van der Waals surface area contributed by atoms with Crippen molar-refractivity contribution in [3.05, 3.63) is 70.9 Å². The number of hydrogen-bond donors (Lipinski definition) is 1. The Balaban J connectivity index is 2.04. The van der Waals surface area contributed by atoms with Gasteiger partial charge < -0.3 is 5.32 Å². The molecular formula is C23H26N2O2. The SMILES string of the molecule is Cc1ccc(C2=C(Nc3ccc(C(C)C)cc3)C(=O)N(C(C)C)C2=O)cc1. The van der Waals surface area contributed by atoms with Gasteiger partial charge >= 0.3 is 0 Å². The molecule has 0 spiro atoms. The highest BCUT2D eigenvalue weighted by atomic mass is 16.2. The van der Waals surface area contributed by atoms with Gasteiger partial charge in [0.15, 0.2) is 0 Å². The number of rotatable bonds is 5. The molecule has 27 heavy (non-hydrogen) atoms. The minimum Gasteiger partial charge on any atom is -0.350 e. The minimum atomic E-state index is -0.279. The van der Waals surface area contributed by atoms with Crippen LogP contribution < -0.4 is 5.32 Å². The third-order valence-electron chi connectivity index (χ3n) is 4.82. The minimum absolute atomic E-state index is 0.201. The van der Waals surface area contributed by atoms with Gasteiger partial charge in [0.2, 0.25) is 0 Å².